The Kier molecular flexibility index (Phi) is 5.27. The predicted molar refractivity (Wildman–Crippen MR) is 108 cm³/mol. The van der Waals surface area contributed by atoms with E-state index in [2.05, 4.69) is 0 Å². The smallest absolute Gasteiger partial charge is 0.233 e. The fraction of sp³-hybridized carbons (Fsp3) is 0.476. The first kappa shape index (κ1) is 20.7. The summed E-state index contributed by atoms with van der Waals surface area (Å²) in [6.07, 6.45) is 2.92. The van der Waals surface area contributed by atoms with Crippen LogP contribution in [0.4, 0.5) is 0 Å². The molecule has 1 aliphatic heterocycles. The molecule has 0 fully saturated rings. The van der Waals surface area contributed by atoms with Gasteiger partial charge in [0.15, 0.2) is 5.92 Å². The molecule has 1 atom stereocenters. The van der Waals surface area contributed by atoms with Gasteiger partial charge < -0.3 is 4.74 Å². The summed E-state index contributed by atoms with van der Waals surface area (Å²) in [6, 6.07) is 3.51. The molecule has 0 aromatic heterocycles. The first-order valence-corrected chi connectivity index (χ1v) is 9.01. The van der Waals surface area contributed by atoms with Crippen molar-refractivity contribution >= 4 is 23.2 Å². The molecule has 1 heterocycles. The maximum absolute atomic E-state index is 12.1. The highest BCUT2D eigenvalue weighted by Gasteiger charge is 2.38. The molecule has 1 unspecified atom stereocenters. The molecule has 0 saturated heterocycles. The molecule has 0 bridgehead atoms. The molecule has 0 N–H and O–H groups in total. The van der Waals surface area contributed by atoms with Crippen molar-refractivity contribution in [1.82, 2.24) is 0 Å². The minimum Gasteiger partial charge on any atom is -0.488 e. The fourth-order valence-corrected chi connectivity index (χ4v) is 3.34. The summed E-state index contributed by atoms with van der Waals surface area (Å²) in [4.78, 5) is 24.5. The van der Waals surface area contributed by atoms with Gasteiger partial charge in [-0.1, -0.05) is 53.8 Å². The van der Waals surface area contributed by atoms with Crippen LogP contribution in [0.15, 0.2) is 27.0 Å². The number of nitriles is 2. The quantitative estimate of drug-likeness (QED) is 0.441. The summed E-state index contributed by atoms with van der Waals surface area (Å²) in [5, 5.41) is 18.2. The molecule has 0 amide bonds. The van der Waals surface area contributed by atoms with Gasteiger partial charge in [-0.15, -0.1) is 0 Å². The van der Waals surface area contributed by atoms with Gasteiger partial charge in [0.2, 0.25) is 10.9 Å². The van der Waals surface area contributed by atoms with Crippen LogP contribution in [0.3, 0.4) is 0 Å². The number of ether oxygens (including phenoxy) is 1. The van der Waals surface area contributed by atoms with Crippen LogP contribution in [-0.4, -0.2) is 11.0 Å². The molecular formula is C21H22N2O3S. The molecule has 140 valence electrons. The molecule has 1 aromatic carbocycles. The van der Waals surface area contributed by atoms with Crippen LogP contribution in [0.2, 0.25) is 0 Å². The molecule has 0 saturated carbocycles. The number of thiocarbonyl (C=S) groups is 1. The SMILES string of the molecule is CC(C)(C)C1=CC(=Cc2c(C(C#N)C#N)c(=O)c2=O)C(=S)C(C(C)(C)C)O1. The fourth-order valence-electron chi connectivity index (χ4n) is 2.82. The van der Waals surface area contributed by atoms with E-state index < -0.39 is 16.8 Å². The average Bonchev–Trinajstić information content (AvgIpc) is 2.56. The van der Waals surface area contributed by atoms with E-state index in [0.29, 0.717) is 10.4 Å². The van der Waals surface area contributed by atoms with Crippen molar-refractivity contribution < 1.29 is 4.74 Å². The van der Waals surface area contributed by atoms with Crippen molar-refractivity contribution in [3.05, 3.63) is 49.0 Å². The Morgan fingerprint density at radius 3 is 2.11 bits per heavy atom. The Hall–Kier alpha value is -2.57. The lowest BCUT2D eigenvalue weighted by atomic mass is 9.80. The number of allylic oxidation sites excluding steroid dienone is 2. The van der Waals surface area contributed by atoms with Crippen LogP contribution in [-0.2, 0) is 4.74 Å². The second-order valence-corrected chi connectivity index (χ2v) is 9.20. The maximum Gasteiger partial charge on any atom is 0.233 e. The highest BCUT2D eigenvalue weighted by Crippen LogP contribution is 2.39. The van der Waals surface area contributed by atoms with Gasteiger partial charge >= 0.3 is 0 Å². The second-order valence-electron chi connectivity index (χ2n) is 8.76. The van der Waals surface area contributed by atoms with Crippen molar-refractivity contribution in [2.45, 2.75) is 53.6 Å². The molecule has 5 nitrogen and oxygen atoms in total. The minimum atomic E-state index is -1.26. The van der Waals surface area contributed by atoms with E-state index in [0.717, 1.165) is 5.76 Å². The molecule has 0 radical (unpaired) electrons. The van der Waals surface area contributed by atoms with Gasteiger partial charge in [-0.25, -0.2) is 0 Å². The zero-order valence-corrected chi connectivity index (χ0v) is 17.2. The van der Waals surface area contributed by atoms with Crippen molar-refractivity contribution in [3.8, 4) is 12.1 Å². The van der Waals surface area contributed by atoms with Gasteiger partial charge in [-0.05, 0) is 17.7 Å². The topological polar surface area (TPSA) is 91.0 Å². The molecule has 0 spiro atoms. The van der Waals surface area contributed by atoms with Crippen molar-refractivity contribution in [2.75, 3.05) is 0 Å². The lowest BCUT2D eigenvalue weighted by molar-refractivity contribution is 0.0477. The number of rotatable bonds is 2. The maximum atomic E-state index is 12.1. The third-order valence-corrected chi connectivity index (χ3v) is 4.86. The summed E-state index contributed by atoms with van der Waals surface area (Å²) in [6.45, 7) is 12.1. The third kappa shape index (κ3) is 3.77. The summed E-state index contributed by atoms with van der Waals surface area (Å²) < 4.78 is 6.16. The summed E-state index contributed by atoms with van der Waals surface area (Å²) in [5.41, 5.74) is -1.39. The van der Waals surface area contributed by atoms with E-state index in [1.807, 2.05) is 41.5 Å². The van der Waals surface area contributed by atoms with E-state index >= 15 is 0 Å². The monoisotopic (exact) mass is 382 g/mol. The normalized spacial score (nSPS) is 19.6. The van der Waals surface area contributed by atoms with Crippen molar-refractivity contribution in [1.29, 1.82) is 10.5 Å². The first-order chi connectivity index (χ1) is 12.3. The van der Waals surface area contributed by atoms with Crippen LogP contribution >= 0.6 is 12.2 Å². The molecule has 0 aliphatic carbocycles. The largest absolute Gasteiger partial charge is 0.488 e. The average molecular weight is 382 g/mol. The molecule has 27 heavy (non-hydrogen) atoms. The van der Waals surface area contributed by atoms with Gasteiger partial charge in [-0.3, -0.25) is 9.59 Å². The lowest BCUT2D eigenvalue weighted by Crippen LogP contribution is -2.42. The van der Waals surface area contributed by atoms with Crippen molar-refractivity contribution in [2.24, 2.45) is 10.8 Å². The molecule has 6 heteroatoms. The number of nitrogens with zero attached hydrogens (tertiary/aromatic N) is 2. The van der Waals surface area contributed by atoms with Crippen LogP contribution < -0.4 is 10.9 Å². The minimum absolute atomic E-state index is 0.0511. The Morgan fingerprint density at radius 1 is 1.11 bits per heavy atom. The van der Waals surface area contributed by atoms with Crippen molar-refractivity contribution in [3.63, 3.8) is 0 Å². The van der Waals surface area contributed by atoms with Gasteiger partial charge in [0, 0.05) is 22.0 Å². The van der Waals surface area contributed by atoms with E-state index in [-0.39, 0.29) is 28.1 Å². The standard InChI is InChI=1S/C21H22N2O3S/c1-20(2,3)14-8-11(18(27)19(26-14)21(4,5)6)7-13-15(12(9-22)10-23)17(25)16(13)24/h7-8,12,19H,1-6H3. The van der Waals surface area contributed by atoms with Gasteiger partial charge in [0.25, 0.3) is 0 Å². The van der Waals surface area contributed by atoms with Crippen LogP contribution in [0.1, 0.15) is 58.6 Å². The highest BCUT2D eigenvalue weighted by molar-refractivity contribution is 7.81. The van der Waals surface area contributed by atoms with E-state index in [1.165, 1.54) is 6.08 Å². The highest BCUT2D eigenvalue weighted by atomic mass is 32.1. The second kappa shape index (κ2) is 6.87. The first-order valence-electron chi connectivity index (χ1n) is 8.60. The zero-order chi connectivity index (χ0) is 20.7. The Morgan fingerprint density at radius 2 is 1.67 bits per heavy atom. The molecular weight excluding hydrogens is 360 g/mol. The Balaban J connectivity index is 2.67. The molecule has 2 rings (SSSR count). The summed E-state index contributed by atoms with van der Waals surface area (Å²) in [5.74, 6) is -0.542. The Labute approximate surface area is 164 Å². The van der Waals surface area contributed by atoms with E-state index in [1.54, 1.807) is 18.2 Å². The summed E-state index contributed by atoms with van der Waals surface area (Å²) in [7, 11) is 0. The third-order valence-electron chi connectivity index (χ3n) is 4.41. The lowest BCUT2D eigenvalue weighted by Gasteiger charge is -2.39. The predicted octanol–water partition coefficient (Wildman–Crippen LogP) is 3.54. The number of hydrogen-bond acceptors (Lipinski definition) is 6. The van der Waals surface area contributed by atoms with Crippen LogP contribution in [0, 0.1) is 33.5 Å². The van der Waals surface area contributed by atoms with Gasteiger partial charge in [0.05, 0.1) is 17.0 Å². The number of hydrogen-bond donors (Lipinski definition) is 0. The van der Waals surface area contributed by atoms with Crippen LogP contribution in [0.5, 0.6) is 0 Å². The zero-order valence-electron chi connectivity index (χ0n) is 16.3. The van der Waals surface area contributed by atoms with Gasteiger partial charge in [0.1, 0.15) is 11.9 Å². The molecule has 1 aliphatic rings. The summed E-state index contributed by atoms with van der Waals surface area (Å²) >= 11 is 5.61. The van der Waals surface area contributed by atoms with Gasteiger partial charge in [-0.2, -0.15) is 10.5 Å². The van der Waals surface area contributed by atoms with Crippen LogP contribution in [0.25, 0.3) is 6.08 Å². The van der Waals surface area contributed by atoms with E-state index in [9.17, 15) is 9.59 Å². The Bertz CT molecular complexity index is 996. The van der Waals surface area contributed by atoms with E-state index in [4.69, 9.17) is 27.5 Å². The molecule has 1 aromatic rings.